The van der Waals surface area contributed by atoms with Crippen molar-refractivity contribution in [2.24, 2.45) is 0 Å². The molecule has 1 amide bonds. The van der Waals surface area contributed by atoms with Gasteiger partial charge in [-0.2, -0.15) is 0 Å². The van der Waals surface area contributed by atoms with E-state index in [2.05, 4.69) is 15.9 Å². The zero-order valence-electron chi connectivity index (χ0n) is 9.79. The molecule has 4 heteroatoms. The molecule has 1 aromatic rings. The lowest BCUT2D eigenvalue weighted by molar-refractivity contribution is -0.131. The van der Waals surface area contributed by atoms with Gasteiger partial charge in [-0.15, -0.1) is 0 Å². The van der Waals surface area contributed by atoms with Crippen LogP contribution in [0.15, 0.2) is 22.7 Å². The highest BCUT2D eigenvalue weighted by molar-refractivity contribution is 9.10. The minimum Gasteiger partial charge on any atom is -0.483 e. The van der Waals surface area contributed by atoms with Gasteiger partial charge in [0.25, 0.3) is 5.91 Å². The molecule has 0 radical (unpaired) electrons. The normalized spacial score (nSPS) is 10.0. The van der Waals surface area contributed by atoms with Crippen LogP contribution in [-0.4, -0.2) is 31.0 Å². The van der Waals surface area contributed by atoms with Gasteiger partial charge in [-0.1, -0.05) is 22.0 Å². The fourth-order valence-corrected chi connectivity index (χ4v) is 1.50. The van der Waals surface area contributed by atoms with Crippen LogP contribution >= 0.6 is 15.9 Å². The van der Waals surface area contributed by atoms with E-state index < -0.39 is 0 Å². The van der Waals surface area contributed by atoms with Crippen LogP contribution in [0.3, 0.4) is 0 Å². The molecular formula is C12H16BrNO2. The molecule has 0 saturated heterocycles. The van der Waals surface area contributed by atoms with Gasteiger partial charge < -0.3 is 9.64 Å². The fraction of sp³-hybridized carbons (Fsp3) is 0.417. The van der Waals surface area contributed by atoms with Crippen molar-refractivity contribution in [2.75, 3.05) is 20.2 Å². The Balaban J connectivity index is 2.61. The number of carbonyl (C=O) groups excluding carboxylic acids is 1. The molecule has 0 fully saturated rings. The van der Waals surface area contributed by atoms with Crippen LogP contribution in [0.25, 0.3) is 0 Å². The zero-order valence-corrected chi connectivity index (χ0v) is 11.4. The van der Waals surface area contributed by atoms with Crippen LogP contribution in [0.2, 0.25) is 0 Å². The topological polar surface area (TPSA) is 29.5 Å². The van der Waals surface area contributed by atoms with Gasteiger partial charge >= 0.3 is 0 Å². The van der Waals surface area contributed by atoms with E-state index in [1.165, 1.54) is 0 Å². The number of nitrogens with zero attached hydrogens (tertiary/aromatic N) is 1. The molecule has 0 aliphatic rings. The lowest BCUT2D eigenvalue weighted by atomic mass is 10.2. The van der Waals surface area contributed by atoms with Gasteiger partial charge in [0.15, 0.2) is 6.61 Å². The van der Waals surface area contributed by atoms with E-state index >= 15 is 0 Å². The summed E-state index contributed by atoms with van der Waals surface area (Å²) in [6, 6.07) is 5.77. The summed E-state index contributed by atoms with van der Waals surface area (Å²) in [6.45, 7) is 4.67. The first-order valence-corrected chi connectivity index (χ1v) is 5.96. The highest BCUT2D eigenvalue weighted by Crippen LogP contribution is 2.22. The molecule has 88 valence electrons. The Morgan fingerprint density at radius 3 is 2.81 bits per heavy atom. The molecule has 1 aromatic carbocycles. The maximum absolute atomic E-state index is 11.5. The third-order valence-corrected chi connectivity index (χ3v) is 2.89. The Hall–Kier alpha value is -1.03. The highest BCUT2D eigenvalue weighted by atomic mass is 79.9. The average Bonchev–Trinajstić information content (AvgIpc) is 2.28. The van der Waals surface area contributed by atoms with Gasteiger partial charge in [0, 0.05) is 18.1 Å². The van der Waals surface area contributed by atoms with Crippen molar-refractivity contribution in [3.63, 3.8) is 0 Å². The second kappa shape index (κ2) is 5.89. The molecule has 0 unspecified atom stereocenters. The monoisotopic (exact) mass is 285 g/mol. The Kier molecular flexibility index (Phi) is 4.80. The van der Waals surface area contributed by atoms with Crippen molar-refractivity contribution in [1.29, 1.82) is 0 Å². The summed E-state index contributed by atoms with van der Waals surface area (Å²) in [6.07, 6.45) is 0. The Labute approximate surface area is 105 Å². The number of amides is 1. The second-order valence-electron chi connectivity index (χ2n) is 3.61. The maximum Gasteiger partial charge on any atom is 0.260 e. The first-order chi connectivity index (χ1) is 7.54. The van der Waals surface area contributed by atoms with Gasteiger partial charge in [-0.3, -0.25) is 4.79 Å². The number of ether oxygens (including phenoxy) is 1. The van der Waals surface area contributed by atoms with E-state index in [4.69, 9.17) is 4.74 Å². The van der Waals surface area contributed by atoms with Crippen molar-refractivity contribution in [1.82, 2.24) is 4.90 Å². The third kappa shape index (κ3) is 3.52. The number of rotatable bonds is 4. The summed E-state index contributed by atoms with van der Waals surface area (Å²) in [5.41, 5.74) is 1.02. The quantitative estimate of drug-likeness (QED) is 0.851. The van der Waals surface area contributed by atoms with Crippen LogP contribution in [0.4, 0.5) is 0 Å². The van der Waals surface area contributed by atoms with E-state index in [0.717, 1.165) is 15.8 Å². The van der Waals surface area contributed by atoms with E-state index in [9.17, 15) is 4.79 Å². The molecular weight excluding hydrogens is 270 g/mol. The van der Waals surface area contributed by atoms with Gasteiger partial charge in [-0.05, 0) is 31.5 Å². The Morgan fingerprint density at radius 2 is 2.19 bits per heavy atom. The fourth-order valence-electron chi connectivity index (χ4n) is 1.16. The van der Waals surface area contributed by atoms with Gasteiger partial charge in [-0.25, -0.2) is 0 Å². The van der Waals surface area contributed by atoms with Crippen LogP contribution in [0.1, 0.15) is 12.5 Å². The van der Waals surface area contributed by atoms with Crippen LogP contribution in [0, 0.1) is 6.92 Å². The zero-order chi connectivity index (χ0) is 12.1. The van der Waals surface area contributed by atoms with Gasteiger partial charge in [0.05, 0.1) is 0 Å². The van der Waals surface area contributed by atoms with E-state index in [1.807, 2.05) is 32.0 Å². The molecule has 16 heavy (non-hydrogen) atoms. The minimum atomic E-state index is -0.0122. The second-order valence-corrected chi connectivity index (χ2v) is 4.52. The standard InChI is InChI=1S/C12H16BrNO2/c1-4-14(3)12(15)8-16-11-7-10(13)6-5-9(11)2/h5-7H,4,8H2,1-3H3. The number of carbonyl (C=O) groups is 1. The molecule has 1 rings (SSSR count). The van der Waals surface area contributed by atoms with Crippen LogP contribution < -0.4 is 4.74 Å². The predicted molar refractivity (Wildman–Crippen MR) is 67.7 cm³/mol. The summed E-state index contributed by atoms with van der Waals surface area (Å²) in [5.74, 6) is 0.731. The summed E-state index contributed by atoms with van der Waals surface area (Å²) in [7, 11) is 1.76. The number of halogens is 1. The number of benzene rings is 1. The number of hydrogen-bond acceptors (Lipinski definition) is 2. The molecule has 0 aliphatic carbocycles. The molecule has 0 saturated carbocycles. The molecule has 0 N–H and O–H groups in total. The van der Waals surface area contributed by atoms with Crippen molar-refractivity contribution >= 4 is 21.8 Å². The van der Waals surface area contributed by atoms with Crippen molar-refractivity contribution in [3.05, 3.63) is 28.2 Å². The van der Waals surface area contributed by atoms with Gasteiger partial charge in [0.2, 0.25) is 0 Å². The first kappa shape index (κ1) is 13.0. The lowest BCUT2D eigenvalue weighted by Gasteiger charge is -2.15. The number of aryl methyl sites for hydroxylation is 1. The number of likely N-dealkylation sites (N-methyl/N-ethyl adjacent to an activating group) is 1. The smallest absolute Gasteiger partial charge is 0.260 e. The predicted octanol–water partition coefficient (Wildman–Crippen LogP) is 2.61. The van der Waals surface area contributed by atoms with E-state index in [1.54, 1.807) is 11.9 Å². The van der Waals surface area contributed by atoms with Crippen LogP contribution in [0.5, 0.6) is 5.75 Å². The van der Waals surface area contributed by atoms with E-state index in [-0.39, 0.29) is 12.5 Å². The SMILES string of the molecule is CCN(C)C(=O)COc1cc(Br)ccc1C. The minimum absolute atomic E-state index is 0.0122. The number of hydrogen-bond donors (Lipinski definition) is 0. The summed E-state index contributed by atoms with van der Waals surface area (Å²) >= 11 is 3.37. The maximum atomic E-state index is 11.5. The first-order valence-electron chi connectivity index (χ1n) is 5.17. The Morgan fingerprint density at radius 1 is 1.50 bits per heavy atom. The average molecular weight is 286 g/mol. The molecule has 0 heterocycles. The summed E-state index contributed by atoms with van der Waals surface area (Å²) in [4.78, 5) is 13.2. The van der Waals surface area contributed by atoms with Crippen LogP contribution in [-0.2, 0) is 4.79 Å². The van der Waals surface area contributed by atoms with Crippen molar-refractivity contribution in [2.45, 2.75) is 13.8 Å². The summed E-state index contributed by atoms with van der Waals surface area (Å²) in [5, 5.41) is 0. The molecule has 0 atom stereocenters. The largest absolute Gasteiger partial charge is 0.483 e. The van der Waals surface area contributed by atoms with E-state index in [0.29, 0.717) is 6.54 Å². The lowest BCUT2D eigenvalue weighted by Crippen LogP contribution is -2.31. The molecule has 3 nitrogen and oxygen atoms in total. The third-order valence-electron chi connectivity index (χ3n) is 2.40. The van der Waals surface area contributed by atoms with Gasteiger partial charge in [0.1, 0.15) is 5.75 Å². The Bertz CT molecular complexity index is 379. The molecule has 0 bridgehead atoms. The molecule has 0 spiro atoms. The highest BCUT2D eigenvalue weighted by Gasteiger charge is 2.08. The molecule has 0 aromatic heterocycles. The molecule has 0 aliphatic heterocycles. The van der Waals surface area contributed by atoms with Crippen molar-refractivity contribution in [3.8, 4) is 5.75 Å². The van der Waals surface area contributed by atoms with Crippen molar-refractivity contribution < 1.29 is 9.53 Å². The summed E-state index contributed by atoms with van der Waals surface area (Å²) < 4.78 is 6.43.